The van der Waals surface area contributed by atoms with Gasteiger partial charge in [0.15, 0.2) is 0 Å². The number of hydrogen-bond acceptors (Lipinski definition) is 4. The Morgan fingerprint density at radius 1 is 0.219 bits per heavy atom. The molecule has 5 heteroatoms. The molecular formula is C109H32N4O. The average molecular weight is 1410 g/mol. The highest BCUT2D eigenvalue weighted by atomic mass is 16.2. The van der Waals surface area contributed by atoms with Crippen molar-refractivity contribution in [2.24, 2.45) is 0 Å². The SMILES string of the molecule is O=C(c1ccc(C(c2ccc(C#Cc3ccncc3)cc2)(c2ccc(C#Cc3ccncc3)cc2)c2ccc(C#Cc3ccncc3)cc2)cc1)N1CC23c4c5c6c7c8c9c(c%10c%11c2c2c4c4c%12c5c5c6c6c8c8c%13c9c9c%10c%10c%11c%11c2c2c4c4c%12c%12c5c5c6c8c6c8c%13c9c9c%10c%10c%11c2c2c4c4c%12c5c6c5c8c9c%10c2c45)C73C1. The van der Waals surface area contributed by atoms with Crippen molar-refractivity contribution in [1.82, 2.24) is 19.9 Å². The highest BCUT2D eigenvalue weighted by Crippen LogP contribution is 2.85. The second-order valence-electron chi connectivity index (χ2n) is 36.2. The number of rotatable bonds is 5. The number of aromatic nitrogens is 3. The van der Waals surface area contributed by atoms with E-state index in [1.807, 2.05) is 36.4 Å². The van der Waals surface area contributed by atoms with Crippen molar-refractivity contribution in [3.05, 3.63) is 254 Å². The topological polar surface area (TPSA) is 59.0 Å². The van der Waals surface area contributed by atoms with E-state index in [4.69, 9.17) is 0 Å². The molecule has 0 saturated carbocycles. The van der Waals surface area contributed by atoms with E-state index in [0.29, 0.717) is 18.7 Å². The first-order valence-electron chi connectivity index (χ1n) is 40.3. The fourth-order valence-corrected chi connectivity index (χ4v) is 31.1. The lowest BCUT2D eigenvalue weighted by molar-refractivity contribution is 0.0783. The maximum absolute atomic E-state index is 17.6. The predicted molar refractivity (Wildman–Crippen MR) is 465 cm³/mol. The minimum absolute atomic E-state index is 0.106. The van der Waals surface area contributed by atoms with Crippen LogP contribution in [0.4, 0.5) is 0 Å². The van der Waals surface area contributed by atoms with Crippen LogP contribution in [0.5, 0.6) is 0 Å². The standard InChI is InChI=1S/C109H32N4O/c114-106(43-13-21-47(22-14-43)109(44-15-7-37(8-16-44)1-4-40-23-29-110-30-24-40,45-17-9-38(10-18-45)2-5-41-25-31-111-32-26-41)46-19-11-39(12-20-46)3-6-42-27-33-112-34-28-42)113-35-107-102-94-86-76-66-58-50-48-49-52-56-54(50)62-70-64(56)74-68-60(52)61-53(49)57-55-51(48)59(58)67-73-63(55)71-65(57)75-69(61)79-78(68)88-82(74)92-84(70)90(80(86)72(62)66)98(102)100(92)104-96(88)97-89(79)83(75)93-85(71)91-81(73)87(77(67)76)95(94)103(107)99(91)101(93)105(97)108(104,107)36-113/h7-34H,35-36H2. The number of nitrogens with zero attached hydrogens (tertiary/aromatic N) is 4. The van der Waals surface area contributed by atoms with Crippen molar-refractivity contribution in [3.63, 3.8) is 0 Å². The van der Waals surface area contributed by atoms with Crippen LogP contribution in [-0.2, 0) is 16.2 Å². The summed E-state index contributed by atoms with van der Waals surface area (Å²) in [5.41, 5.74) is 14.6. The molecule has 114 heavy (non-hydrogen) atoms. The van der Waals surface area contributed by atoms with Crippen LogP contribution in [0.15, 0.2) is 171 Å². The smallest absolute Gasteiger partial charge is 0.253 e. The summed E-state index contributed by atoms with van der Waals surface area (Å²) in [6.07, 6.45) is 10.7. The molecule has 5 aliphatic rings. The van der Waals surface area contributed by atoms with Crippen LogP contribution in [-0.4, -0.2) is 38.8 Å². The van der Waals surface area contributed by atoms with E-state index in [2.05, 4.69) is 152 Å². The van der Waals surface area contributed by atoms with Gasteiger partial charge in [-0.15, -0.1) is 0 Å². The average Bonchev–Trinajstić information content (AvgIpc) is 1.38. The summed E-state index contributed by atoms with van der Waals surface area (Å²) in [6.45, 7) is 1.22. The fraction of sp³-hybridized carbons (Fsp3) is 0.0459. The minimum atomic E-state index is -0.915. The normalized spacial score (nSPS) is 18.0. The van der Waals surface area contributed by atoms with Gasteiger partial charge in [0.2, 0.25) is 0 Å². The van der Waals surface area contributed by atoms with Crippen molar-refractivity contribution < 1.29 is 4.79 Å². The lowest BCUT2D eigenvalue weighted by Crippen LogP contribution is -2.51. The molecule has 1 amide bonds. The van der Waals surface area contributed by atoms with Gasteiger partial charge < -0.3 is 4.90 Å². The van der Waals surface area contributed by atoms with Crippen LogP contribution in [0, 0.1) is 35.5 Å². The van der Waals surface area contributed by atoms with Gasteiger partial charge in [-0.05, 0) is 420 Å². The van der Waals surface area contributed by atoms with Crippen molar-refractivity contribution >= 4 is 297 Å². The molecule has 2 spiro atoms. The van der Waals surface area contributed by atoms with Gasteiger partial charge in [0, 0.05) is 89.2 Å². The Kier molecular flexibility index (Phi) is 6.29. The molecule has 4 aliphatic carbocycles. The summed E-state index contributed by atoms with van der Waals surface area (Å²) in [7, 11) is 0. The number of amides is 1. The van der Waals surface area contributed by atoms with Gasteiger partial charge in [-0.25, -0.2) is 0 Å². The Hall–Kier alpha value is -15.1. The molecule has 494 valence electrons. The molecular weight excluding hydrogens is 1380 g/mol. The van der Waals surface area contributed by atoms with Crippen LogP contribution in [0.3, 0.4) is 0 Å². The van der Waals surface area contributed by atoms with Gasteiger partial charge in [0.25, 0.3) is 5.91 Å². The van der Waals surface area contributed by atoms with Gasteiger partial charge in [0.1, 0.15) is 0 Å². The van der Waals surface area contributed by atoms with Gasteiger partial charge in [-0.3, -0.25) is 19.7 Å². The highest BCUT2D eigenvalue weighted by molar-refractivity contribution is 6.82. The first-order valence-corrected chi connectivity index (χ1v) is 40.3. The van der Waals surface area contributed by atoms with Crippen molar-refractivity contribution in [2.75, 3.05) is 13.1 Å². The van der Waals surface area contributed by atoms with Gasteiger partial charge in [-0.1, -0.05) is 84.1 Å². The predicted octanol–water partition coefficient (Wildman–Crippen LogP) is 24.2. The molecule has 0 radical (unpaired) electrons. The number of hydrogen-bond donors (Lipinski definition) is 0. The molecule has 0 atom stereocenters. The zero-order valence-electron chi connectivity index (χ0n) is 59.3. The second kappa shape index (κ2) is 14.2. The van der Waals surface area contributed by atoms with E-state index in [9.17, 15) is 0 Å². The molecule has 1 saturated heterocycles. The monoisotopic (exact) mass is 1410 g/mol. The van der Waals surface area contributed by atoms with Gasteiger partial charge >= 0.3 is 0 Å². The lowest BCUT2D eigenvalue weighted by atomic mass is 9.50. The molecule has 0 bridgehead atoms. The molecule has 3 aromatic heterocycles. The first kappa shape index (κ1) is 50.6. The summed E-state index contributed by atoms with van der Waals surface area (Å²) in [6, 6.07) is 47.1. The second-order valence-corrected chi connectivity index (χ2v) is 36.2. The molecule has 35 aromatic rings. The molecule has 40 rings (SSSR count). The molecule has 0 unspecified atom stereocenters. The minimum Gasteiger partial charge on any atom is -0.336 e. The molecule has 1 aliphatic heterocycles. The van der Waals surface area contributed by atoms with Crippen LogP contribution in [0.1, 0.15) is 88.2 Å². The van der Waals surface area contributed by atoms with Gasteiger partial charge in [0.05, 0.1) is 16.2 Å². The number of carbonyl (C=O) groups is 1. The summed E-state index contributed by atoms with van der Waals surface area (Å²) in [5, 5.41) is 85.3. The van der Waals surface area contributed by atoms with Crippen molar-refractivity contribution in [2.45, 2.75) is 16.2 Å². The molecule has 1 fully saturated rings. The van der Waals surface area contributed by atoms with Crippen molar-refractivity contribution in [1.29, 1.82) is 0 Å². The molecule has 0 N–H and O–H groups in total. The van der Waals surface area contributed by atoms with Crippen LogP contribution in [0.25, 0.3) is 291 Å². The first-order chi connectivity index (χ1) is 56.6. The Morgan fingerprint density at radius 2 is 0.377 bits per heavy atom. The Morgan fingerprint density at radius 3 is 0.561 bits per heavy atom. The van der Waals surface area contributed by atoms with Gasteiger partial charge in [-0.2, -0.15) is 0 Å². The summed E-state index contributed by atoms with van der Waals surface area (Å²) in [4.78, 5) is 32.8. The fourth-order valence-electron chi connectivity index (χ4n) is 31.1. The quantitative estimate of drug-likeness (QED) is 0.0979. The summed E-state index contributed by atoms with van der Waals surface area (Å²) < 4.78 is 0. The van der Waals surface area contributed by atoms with E-state index in [1.54, 1.807) is 350 Å². The lowest BCUT2D eigenvalue weighted by Gasteiger charge is -2.49. The molecule has 4 heterocycles. The van der Waals surface area contributed by atoms with E-state index in [-0.39, 0.29) is 5.91 Å². The highest BCUT2D eigenvalue weighted by Gasteiger charge is 2.73. The number of carbonyl (C=O) groups excluding carboxylic acids is 1. The van der Waals surface area contributed by atoms with Crippen molar-refractivity contribution in [3.8, 4) is 35.5 Å². The maximum atomic E-state index is 17.6. The Bertz CT molecular complexity index is 9710. The third-order valence-electron chi connectivity index (χ3n) is 33.4. The number of likely N-dealkylation sites (tertiary alicyclic amines) is 1. The third kappa shape index (κ3) is 3.89. The Labute approximate surface area is 636 Å². The number of benzene rings is 22. The maximum Gasteiger partial charge on any atom is 0.253 e. The van der Waals surface area contributed by atoms with E-state index >= 15 is 4.79 Å². The van der Waals surface area contributed by atoms with Crippen LogP contribution >= 0.6 is 0 Å². The summed E-state index contributed by atoms with van der Waals surface area (Å²) >= 11 is 0. The molecule has 5 nitrogen and oxygen atoms in total. The number of pyridine rings is 3. The molecule has 32 aromatic carbocycles. The van der Waals surface area contributed by atoms with Crippen LogP contribution in [0.2, 0.25) is 0 Å². The zero-order valence-corrected chi connectivity index (χ0v) is 59.3. The summed E-state index contributed by atoms with van der Waals surface area (Å²) in [5.74, 6) is 20.7. The third-order valence-corrected chi connectivity index (χ3v) is 33.4. The van der Waals surface area contributed by atoms with E-state index in [0.717, 1.165) is 55.6 Å². The van der Waals surface area contributed by atoms with E-state index in [1.165, 1.54) is 0 Å². The largest absolute Gasteiger partial charge is 0.336 e. The van der Waals surface area contributed by atoms with Crippen LogP contribution < -0.4 is 0 Å². The Balaban J connectivity index is 0.622. The zero-order chi connectivity index (χ0) is 71.1. The van der Waals surface area contributed by atoms with E-state index < -0.39 is 16.2 Å².